The van der Waals surface area contributed by atoms with Gasteiger partial charge in [-0.05, 0) is 60.1 Å². The van der Waals surface area contributed by atoms with Crippen molar-refractivity contribution in [1.29, 1.82) is 0 Å². The average molecular weight is 610 g/mol. The molecule has 2 N–H and O–H groups in total. The zero-order chi connectivity index (χ0) is 31.6. The van der Waals surface area contributed by atoms with E-state index in [0.29, 0.717) is 5.75 Å². The Morgan fingerprint density at radius 3 is 2.20 bits per heavy atom. The van der Waals surface area contributed by atoms with Crippen molar-refractivity contribution in [3.63, 3.8) is 0 Å². The van der Waals surface area contributed by atoms with Crippen molar-refractivity contribution in [3.05, 3.63) is 96.1 Å². The van der Waals surface area contributed by atoms with Gasteiger partial charge in [0.2, 0.25) is 0 Å². The van der Waals surface area contributed by atoms with Crippen molar-refractivity contribution >= 4 is 45.8 Å². The Bertz CT molecular complexity index is 1810. The van der Waals surface area contributed by atoms with E-state index in [4.69, 9.17) is 9.15 Å². The molecule has 1 atom stereocenters. The average Bonchev–Trinajstić information content (AvgIpc) is 3.34. The predicted octanol–water partition coefficient (Wildman–Crippen LogP) is 9.43. The Morgan fingerprint density at radius 1 is 0.841 bits per heavy atom. The van der Waals surface area contributed by atoms with Crippen molar-refractivity contribution in [2.24, 2.45) is 0 Å². The van der Waals surface area contributed by atoms with E-state index < -0.39 is 23.7 Å². The number of aliphatic carboxylic acids is 1. The third kappa shape index (κ3) is 7.11. The number of amides is 1. The number of para-hydroxylation sites is 2. The van der Waals surface area contributed by atoms with Gasteiger partial charge >= 0.3 is 12.1 Å². The first-order valence-corrected chi connectivity index (χ1v) is 15.9. The van der Waals surface area contributed by atoms with Gasteiger partial charge in [0.05, 0.1) is 0 Å². The highest BCUT2D eigenvalue weighted by atomic mass is 32.2. The van der Waals surface area contributed by atoms with E-state index >= 15 is 0 Å². The number of carbonyl (C=O) groups excluding carboxylic acids is 1. The minimum atomic E-state index is -1.09. The zero-order valence-corrected chi connectivity index (χ0v) is 26.9. The monoisotopic (exact) mass is 609 g/mol. The normalized spacial score (nSPS) is 12.8. The van der Waals surface area contributed by atoms with E-state index in [1.165, 1.54) is 17.3 Å². The second kappa shape index (κ2) is 12.4. The third-order valence-corrected chi connectivity index (χ3v) is 8.46. The van der Waals surface area contributed by atoms with Crippen LogP contribution in [0.2, 0.25) is 0 Å². The van der Waals surface area contributed by atoms with E-state index in [0.717, 1.165) is 49.8 Å². The maximum Gasteiger partial charge on any atom is 0.408 e. The van der Waals surface area contributed by atoms with Crippen LogP contribution in [0.1, 0.15) is 52.7 Å². The van der Waals surface area contributed by atoms with Gasteiger partial charge in [0.15, 0.2) is 0 Å². The summed E-state index contributed by atoms with van der Waals surface area (Å²) in [6.45, 7) is 11.9. The molecule has 5 aromatic rings. The second-order valence-corrected chi connectivity index (χ2v) is 14.1. The van der Waals surface area contributed by atoms with Crippen molar-refractivity contribution in [2.45, 2.75) is 64.4 Å². The number of thioether (sulfide) groups is 1. The van der Waals surface area contributed by atoms with E-state index in [9.17, 15) is 14.7 Å². The molecule has 0 bridgehead atoms. The Labute approximate surface area is 262 Å². The number of hydrogen-bond acceptors (Lipinski definition) is 5. The first-order chi connectivity index (χ1) is 20.8. The van der Waals surface area contributed by atoms with Gasteiger partial charge < -0.3 is 19.6 Å². The lowest BCUT2D eigenvalue weighted by atomic mass is 9.80. The summed E-state index contributed by atoms with van der Waals surface area (Å²) in [5.41, 5.74) is 7.78. The molecule has 4 aromatic carbocycles. The van der Waals surface area contributed by atoms with Gasteiger partial charge in [-0.15, -0.1) is 0 Å². The summed E-state index contributed by atoms with van der Waals surface area (Å²) in [5, 5.41) is 14.2. The smallest absolute Gasteiger partial charge is 0.408 e. The fourth-order valence-electron chi connectivity index (χ4n) is 5.25. The molecule has 0 saturated carbocycles. The molecule has 1 heterocycles. The van der Waals surface area contributed by atoms with Crippen LogP contribution in [0, 0.1) is 0 Å². The molecule has 1 unspecified atom stereocenters. The summed E-state index contributed by atoms with van der Waals surface area (Å²) in [7, 11) is 0. The van der Waals surface area contributed by atoms with Crippen LogP contribution >= 0.6 is 11.8 Å². The summed E-state index contributed by atoms with van der Waals surface area (Å²) in [5.74, 6) is -0.244. The van der Waals surface area contributed by atoms with Crippen LogP contribution in [0.4, 0.5) is 4.79 Å². The van der Waals surface area contributed by atoms with Crippen LogP contribution in [0.25, 0.3) is 44.2 Å². The molecule has 0 aliphatic carbocycles. The number of benzene rings is 4. The zero-order valence-electron chi connectivity index (χ0n) is 26.1. The number of hydrogen-bond donors (Lipinski definition) is 2. The van der Waals surface area contributed by atoms with Crippen LogP contribution in [-0.4, -0.2) is 34.6 Å². The second-order valence-electron chi connectivity index (χ2n) is 13.0. The maximum absolute atomic E-state index is 12.1. The fraction of sp³-hybridized carbons (Fsp3) is 0.297. The molecule has 1 aromatic heterocycles. The van der Waals surface area contributed by atoms with E-state index in [2.05, 4.69) is 92.8 Å². The number of carbonyl (C=O) groups is 2. The standard InChI is InChI=1S/C37H39NO5S/c1-36(2,3)30-20-25(18-19-26(30)28-11-9-12-29-27-10-7-8-13-32(27)42-33(28)29)24-16-14-23(15-17-24)21-44-22-31(34(39)40)38-35(41)43-37(4,5)6/h7-20,31H,21-22H2,1-6H3,(H,38,41)(H,39,40). The number of rotatable bonds is 8. The molecule has 7 heteroatoms. The summed E-state index contributed by atoms with van der Waals surface area (Å²) in [6.07, 6.45) is -0.732. The summed E-state index contributed by atoms with van der Waals surface area (Å²) < 4.78 is 11.6. The van der Waals surface area contributed by atoms with Gasteiger partial charge in [-0.1, -0.05) is 99.6 Å². The SMILES string of the molecule is CC(C)(C)OC(=O)NC(CSCc1ccc(-c2ccc(-c3cccc4c3oc3ccccc34)c(C(C)(C)C)c2)cc1)C(=O)O. The lowest BCUT2D eigenvalue weighted by Gasteiger charge is -2.24. The molecule has 0 radical (unpaired) electrons. The van der Waals surface area contributed by atoms with Crippen LogP contribution in [0.3, 0.4) is 0 Å². The molecule has 6 nitrogen and oxygen atoms in total. The van der Waals surface area contributed by atoms with E-state index in [-0.39, 0.29) is 11.2 Å². The minimum absolute atomic E-state index is 0.107. The molecule has 0 spiro atoms. The highest BCUT2D eigenvalue weighted by Gasteiger charge is 2.25. The van der Waals surface area contributed by atoms with Gasteiger partial charge in [-0.3, -0.25) is 0 Å². The van der Waals surface area contributed by atoms with Gasteiger partial charge in [0, 0.05) is 27.8 Å². The number of furan rings is 1. The minimum Gasteiger partial charge on any atom is -0.480 e. The number of fused-ring (bicyclic) bond motifs is 3. The Morgan fingerprint density at radius 2 is 1.52 bits per heavy atom. The van der Waals surface area contributed by atoms with Crippen LogP contribution in [-0.2, 0) is 20.7 Å². The molecule has 0 saturated heterocycles. The first kappa shape index (κ1) is 31.2. The number of ether oxygens (including phenoxy) is 1. The fourth-order valence-corrected chi connectivity index (χ4v) is 6.26. The molecule has 0 aliphatic rings. The van der Waals surface area contributed by atoms with Crippen molar-refractivity contribution in [2.75, 3.05) is 5.75 Å². The van der Waals surface area contributed by atoms with E-state index in [1.54, 1.807) is 20.8 Å². The first-order valence-electron chi connectivity index (χ1n) is 14.7. The van der Waals surface area contributed by atoms with Gasteiger partial charge in [-0.25, -0.2) is 9.59 Å². The maximum atomic E-state index is 12.1. The molecule has 1 amide bonds. The van der Waals surface area contributed by atoms with E-state index in [1.807, 2.05) is 18.2 Å². The lowest BCUT2D eigenvalue weighted by Crippen LogP contribution is -2.44. The molecule has 0 fully saturated rings. The van der Waals surface area contributed by atoms with Gasteiger partial charge in [-0.2, -0.15) is 11.8 Å². The van der Waals surface area contributed by atoms with Crippen LogP contribution in [0.15, 0.2) is 89.3 Å². The quantitative estimate of drug-likeness (QED) is 0.182. The molecule has 228 valence electrons. The van der Waals surface area contributed by atoms with Gasteiger partial charge in [0.25, 0.3) is 0 Å². The van der Waals surface area contributed by atoms with Crippen molar-refractivity contribution in [1.82, 2.24) is 5.32 Å². The predicted molar refractivity (Wildman–Crippen MR) is 180 cm³/mol. The molecule has 0 aliphatic heterocycles. The van der Waals surface area contributed by atoms with Crippen LogP contribution < -0.4 is 5.32 Å². The molecular weight excluding hydrogens is 570 g/mol. The number of nitrogens with one attached hydrogen (secondary N) is 1. The van der Waals surface area contributed by atoms with Crippen molar-refractivity contribution < 1.29 is 23.8 Å². The number of alkyl carbamates (subject to hydrolysis) is 1. The van der Waals surface area contributed by atoms with Crippen molar-refractivity contribution in [3.8, 4) is 22.3 Å². The summed E-state index contributed by atoms with van der Waals surface area (Å²) in [6, 6.07) is 28.5. The Balaban J connectivity index is 1.34. The molecular formula is C37H39NO5S. The molecule has 5 rings (SSSR count). The Kier molecular flexibility index (Phi) is 8.80. The number of carboxylic acid groups (broad SMARTS) is 1. The summed E-state index contributed by atoms with van der Waals surface area (Å²) >= 11 is 1.45. The lowest BCUT2D eigenvalue weighted by molar-refractivity contribution is -0.138. The molecule has 44 heavy (non-hydrogen) atoms. The Hall–Kier alpha value is -4.23. The largest absolute Gasteiger partial charge is 0.480 e. The highest BCUT2D eigenvalue weighted by molar-refractivity contribution is 7.98. The summed E-state index contributed by atoms with van der Waals surface area (Å²) in [4.78, 5) is 23.7. The van der Waals surface area contributed by atoms with Gasteiger partial charge in [0.1, 0.15) is 22.8 Å². The highest BCUT2D eigenvalue weighted by Crippen LogP contribution is 2.41. The topological polar surface area (TPSA) is 88.8 Å². The van der Waals surface area contributed by atoms with Crippen LogP contribution in [0.5, 0.6) is 0 Å². The third-order valence-electron chi connectivity index (χ3n) is 7.35. The number of carboxylic acids is 1.